The Morgan fingerprint density at radius 3 is 2.53 bits per heavy atom. The van der Waals surface area contributed by atoms with Crippen molar-refractivity contribution in [1.82, 2.24) is 9.78 Å². The Morgan fingerprint density at radius 2 is 1.93 bits per heavy atom. The van der Waals surface area contributed by atoms with E-state index in [1.165, 1.54) is 0 Å². The van der Waals surface area contributed by atoms with Gasteiger partial charge >= 0.3 is 0 Å². The molecule has 2 aromatic rings. The van der Waals surface area contributed by atoms with Crippen LogP contribution in [0.5, 0.6) is 5.88 Å². The number of hydrogen-bond acceptors (Lipinski definition) is 2. The number of nitrogens with zero attached hydrogens (tertiary/aromatic N) is 2. The van der Waals surface area contributed by atoms with Crippen LogP contribution >= 0.6 is 0 Å². The standard InChI is InChI=1S/C12H14N2O/c1-3-14-11(9(2)12(15)13-14)10-7-5-4-6-8-10/h4-8H,3H2,1-2H3,(H,13,15). The summed E-state index contributed by atoms with van der Waals surface area (Å²) in [6, 6.07) is 9.99. The molecular weight excluding hydrogens is 188 g/mol. The second-order valence-corrected chi connectivity index (χ2v) is 3.48. The maximum absolute atomic E-state index is 9.58. The highest BCUT2D eigenvalue weighted by molar-refractivity contribution is 5.65. The van der Waals surface area contributed by atoms with Crippen molar-refractivity contribution in [3.8, 4) is 17.1 Å². The Bertz CT molecular complexity index is 460. The van der Waals surface area contributed by atoms with Gasteiger partial charge in [-0.3, -0.25) is 4.68 Å². The minimum absolute atomic E-state index is 0.121. The number of rotatable bonds is 2. The molecule has 0 aliphatic rings. The van der Waals surface area contributed by atoms with Crippen molar-refractivity contribution in [3.63, 3.8) is 0 Å². The van der Waals surface area contributed by atoms with Crippen molar-refractivity contribution in [3.05, 3.63) is 35.9 Å². The highest BCUT2D eigenvalue weighted by atomic mass is 16.3. The first kappa shape index (κ1) is 9.77. The number of benzene rings is 1. The molecule has 0 aliphatic heterocycles. The minimum atomic E-state index is 0.121. The van der Waals surface area contributed by atoms with Crippen LogP contribution in [0.25, 0.3) is 11.3 Å². The highest BCUT2D eigenvalue weighted by Gasteiger charge is 2.13. The van der Waals surface area contributed by atoms with E-state index in [-0.39, 0.29) is 5.88 Å². The highest BCUT2D eigenvalue weighted by Crippen LogP contribution is 2.28. The zero-order valence-electron chi connectivity index (χ0n) is 8.94. The summed E-state index contributed by atoms with van der Waals surface area (Å²) in [4.78, 5) is 0. The third-order valence-corrected chi connectivity index (χ3v) is 2.51. The molecule has 0 fully saturated rings. The zero-order chi connectivity index (χ0) is 10.8. The molecule has 2 rings (SSSR count). The van der Waals surface area contributed by atoms with Crippen LogP contribution in [0.2, 0.25) is 0 Å². The van der Waals surface area contributed by atoms with Gasteiger partial charge in [0.1, 0.15) is 0 Å². The van der Waals surface area contributed by atoms with Gasteiger partial charge in [-0.1, -0.05) is 30.3 Å². The second kappa shape index (κ2) is 3.77. The Morgan fingerprint density at radius 1 is 1.27 bits per heavy atom. The molecule has 1 aromatic heterocycles. The van der Waals surface area contributed by atoms with Crippen LogP contribution in [0, 0.1) is 6.92 Å². The molecule has 0 radical (unpaired) electrons. The number of aromatic hydroxyl groups is 1. The second-order valence-electron chi connectivity index (χ2n) is 3.48. The maximum atomic E-state index is 9.58. The fourth-order valence-electron chi connectivity index (χ4n) is 1.73. The van der Waals surface area contributed by atoms with Gasteiger partial charge in [-0.2, -0.15) is 0 Å². The summed E-state index contributed by atoms with van der Waals surface area (Å²) in [7, 11) is 0. The van der Waals surface area contributed by atoms with Gasteiger partial charge in [-0.15, -0.1) is 5.10 Å². The van der Waals surface area contributed by atoms with Crippen molar-refractivity contribution < 1.29 is 5.11 Å². The third-order valence-electron chi connectivity index (χ3n) is 2.51. The molecule has 1 aromatic carbocycles. The average molecular weight is 202 g/mol. The molecule has 1 heterocycles. The summed E-state index contributed by atoms with van der Waals surface area (Å²) < 4.78 is 1.82. The van der Waals surface area contributed by atoms with Crippen molar-refractivity contribution in [2.75, 3.05) is 0 Å². The SMILES string of the molecule is CCn1nc(O)c(C)c1-c1ccccc1. The lowest BCUT2D eigenvalue weighted by molar-refractivity contribution is 0.437. The van der Waals surface area contributed by atoms with Gasteiger partial charge in [0, 0.05) is 17.7 Å². The first-order chi connectivity index (χ1) is 7.24. The molecule has 0 bridgehead atoms. The number of hydrogen-bond donors (Lipinski definition) is 1. The fraction of sp³-hybridized carbons (Fsp3) is 0.250. The molecule has 15 heavy (non-hydrogen) atoms. The molecule has 0 saturated carbocycles. The quantitative estimate of drug-likeness (QED) is 0.812. The molecule has 0 spiro atoms. The maximum Gasteiger partial charge on any atom is 0.233 e. The molecule has 78 valence electrons. The number of aromatic nitrogens is 2. The van der Waals surface area contributed by atoms with Gasteiger partial charge in [0.2, 0.25) is 5.88 Å². The van der Waals surface area contributed by atoms with Gasteiger partial charge in [0.15, 0.2) is 0 Å². The van der Waals surface area contributed by atoms with Crippen molar-refractivity contribution in [2.45, 2.75) is 20.4 Å². The predicted molar refractivity (Wildman–Crippen MR) is 59.7 cm³/mol. The molecular formula is C12H14N2O. The smallest absolute Gasteiger partial charge is 0.233 e. The van der Waals surface area contributed by atoms with E-state index in [4.69, 9.17) is 0 Å². The van der Waals surface area contributed by atoms with Crippen LogP contribution in [0.15, 0.2) is 30.3 Å². The minimum Gasteiger partial charge on any atom is -0.492 e. The molecule has 1 N–H and O–H groups in total. The topological polar surface area (TPSA) is 38.0 Å². The van der Waals surface area contributed by atoms with Gasteiger partial charge in [0.25, 0.3) is 0 Å². The summed E-state index contributed by atoms with van der Waals surface area (Å²) in [6.45, 7) is 4.65. The first-order valence-electron chi connectivity index (χ1n) is 5.05. The van der Waals surface area contributed by atoms with E-state index in [1.807, 2.05) is 48.9 Å². The summed E-state index contributed by atoms with van der Waals surface area (Å²) in [5.74, 6) is 0.121. The van der Waals surface area contributed by atoms with E-state index in [0.717, 1.165) is 23.4 Å². The Kier molecular flexibility index (Phi) is 2.46. The lowest BCUT2D eigenvalue weighted by atomic mass is 10.1. The number of aryl methyl sites for hydroxylation is 1. The van der Waals surface area contributed by atoms with Crippen molar-refractivity contribution in [1.29, 1.82) is 0 Å². The van der Waals surface area contributed by atoms with Crippen molar-refractivity contribution in [2.24, 2.45) is 0 Å². The van der Waals surface area contributed by atoms with Gasteiger partial charge < -0.3 is 5.11 Å². The molecule has 0 atom stereocenters. The normalized spacial score (nSPS) is 10.5. The van der Waals surface area contributed by atoms with Crippen LogP contribution in [0.1, 0.15) is 12.5 Å². The van der Waals surface area contributed by atoms with E-state index in [1.54, 1.807) is 0 Å². The van der Waals surface area contributed by atoms with Crippen LogP contribution in [-0.2, 0) is 6.54 Å². The van der Waals surface area contributed by atoms with E-state index >= 15 is 0 Å². The Labute approximate surface area is 89.0 Å². The summed E-state index contributed by atoms with van der Waals surface area (Å²) in [5, 5.41) is 13.7. The van der Waals surface area contributed by atoms with Gasteiger partial charge in [-0.25, -0.2) is 0 Å². The van der Waals surface area contributed by atoms with E-state index in [9.17, 15) is 5.11 Å². The molecule has 3 nitrogen and oxygen atoms in total. The summed E-state index contributed by atoms with van der Waals surface area (Å²) >= 11 is 0. The van der Waals surface area contributed by atoms with Crippen LogP contribution in [-0.4, -0.2) is 14.9 Å². The molecule has 0 amide bonds. The molecule has 0 aliphatic carbocycles. The molecule has 0 saturated heterocycles. The van der Waals surface area contributed by atoms with Crippen LogP contribution in [0.4, 0.5) is 0 Å². The third kappa shape index (κ3) is 1.61. The lowest BCUT2D eigenvalue weighted by Crippen LogP contribution is -1.99. The van der Waals surface area contributed by atoms with E-state index in [0.29, 0.717) is 0 Å². The molecule has 3 heteroatoms. The van der Waals surface area contributed by atoms with E-state index in [2.05, 4.69) is 5.10 Å². The van der Waals surface area contributed by atoms with Gasteiger partial charge in [-0.05, 0) is 13.8 Å². The van der Waals surface area contributed by atoms with Crippen LogP contribution < -0.4 is 0 Å². The van der Waals surface area contributed by atoms with Crippen LogP contribution in [0.3, 0.4) is 0 Å². The first-order valence-corrected chi connectivity index (χ1v) is 5.05. The summed E-state index contributed by atoms with van der Waals surface area (Å²) in [6.07, 6.45) is 0. The largest absolute Gasteiger partial charge is 0.492 e. The average Bonchev–Trinajstić information content (AvgIpc) is 2.56. The molecule has 0 unspecified atom stereocenters. The zero-order valence-corrected chi connectivity index (χ0v) is 8.94. The Balaban J connectivity index is 2.61. The Hall–Kier alpha value is -1.77. The predicted octanol–water partition coefficient (Wildman–Crippen LogP) is 2.58. The monoisotopic (exact) mass is 202 g/mol. The fourth-order valence-corrected chi connectivity index (χ4v) is 1.73. The van der Waals surface area contributed by atoms with Gasteiger partial charge in [0.05, 0.1) is 5.69 Å². The van der Waals surface area contributed by atoms with Crippen molar-refractivity contribution >= 4 is 0 Å². The van der Waals surface area contributed by atoms with E-state index < -0.39 is 0 Å². The summed E-state index contributed by atoms with van der Waals surface area (Å²) in [5.41, 5.74) is 2.92. The lowest BCUT2D eigenvalue weighted by Gasteiger charge is -2.05.